The van der Waals surface area contributed by atoms with Gasteiger partial charge in [-0.2, -0.15) is 26.3 Å². The minimum atomic E-state index is -5.91. The van der Waals surface area contributed by atoms with Crippen LogP contribution in [0, 0.1) is 0 Å². The maximum atomic E-state index is 15.8. The van der Waals surface area contributed by atoms with Crippen molar-refractivity contribution < 1.29 is 49.7 Å². The largest absolute Gasteiger partial charge is 0.458 e. The summed E-state index contributed by atoms with van der Waals surface area (Å²) in [5, 5.41) is 0. The molecule has 1 saturated carbocycles. The van der Waals surface area contributed by atoms with Gasteiger partial charge in [-0.15, -0.1) is 0 Å². The first-order valence-electron chi connectivity index (χ1n) is 8.65. The van der Waals surface area contributed by atoms with Gasteiger partial charge in [0, 0.05) is 0 Å². The molecule has 0 aromatic carbocycles. The number of carbonyl (C=O) groups excluding carboxylic acids is 1. The highest BCUT2D eigenvalue weighted by molar-refractivity contribution is 5.44. The number of ether oxygens (including phenoxy) is 3. The number of hydrogen-bond acceptors (Lipinski definition) is 4. The molecule has 11 heteroatoms. The Balaban J connectivity index is 2.12. The Morgan fingerprint density at radius 2 is 1.39 bits per heavy atom. The molecule has 2 aliphatic heterocycles. The molecule has 3 fully saturated rings. The van der Waals surface area contributed by atoms with E-state index in [0.29, 0.717) is 20.8 Å². The molecule has 5 atom stereocenters. The highest BCUT2D eigenvalue weighted by Gasteiger charge is 3.04. The van der Waals surface area contributed by atoms with Gasteiger partial charge in [0.25, 0.3) is 12.1 Å². The van der Waals surface area contributed by atoms with Crippen LogP contribution in [-0.4, -0.2) is 58.4 Å². The fourth-order valence-electron chi connectivity index (χ4n) is 4.38. The lowest BCUT2D eigenvalue weighted by Gasteiger charge is -2.54. The van der Waals surface area contributed by atoms with Crippen LogP contribution in [0.5, 0.6) is 0 Å². The third kappa shape index (κ3) is 1.97. The molecular weight excluding hydrogens is 401 g/mol. The van der Waals surface area contributed by atoms with Crippen molar-refractivity contribution in [3.8, 4) is 0 Å². The molecule has 162 valence electrons. The van der Waals surface area contributed by atoms with E-state index < -0.39 is 64.8 Å². The summed E-state index contributed by atoms with van der Waals surface area (Å²) in [6, 6.07) is 0. The van der Waals surface area contributed by atoms with Gasteiger partial charge < -0.3 is 14.2 Å². The quantitative estimate of drug-likeness (QED) is 0.368. The molecule has 4 nitrogen and oxygen atoms in total. The molecule has 28 heavy (non-hydrogen) atoms. The molecule has 2 saturated heterocycles. The Labute approximate surface area is 156 Å². The normalized spacial score (nSPS) is 46.1. The van der Waals surface area contributed by atoms with Gasteiger partial charge in [-0.05, 0) is 47.5 Å². The van der Waals surface area contributed by atoms with Crippen molar-refractivity contribution in [2.75, 3.05) is 0 Å². The number of hydrogen-bond donors (Lipinski definition) is 0. The first-order valence-corrected chi connectivity index (χ1v) is 8.65. The smallest absolute Gasteiger partial charge is 0.356 e. The number of fused-ring (bicyclic) bond motifs is 1. The molecule has 0 N–H and O–H groups in total. The lowest BCUT2D eigenvalue weighted by Crippen LogP contribution is -2.83. The highest BCUT2D eigenvalue weighted by Crippen LogP contribution is 2.77. The molecule has 1 aliphatic carbocycles. The summed E-state index contributed by atoms with van der Waals surface area (Å²) in [6.07, 6.45) is -1.78. The monoisotopic (exact) mass is 422 g/mol. The van der Waals surface area contributed by atoms with E-state index >= 15 is 13.2 Å². The molecule has 0 bridgehead atoms. The summed E-state index contributed by atoms with van der Waals surface area (Å²) in [4.78, 5) is 10.9. The molecule has 2 heterocycles. The van der Waals surface area contributed by atoms with Crippen LogP contribution in [0.3, 0.4) is 0 Å². The minimum Gasteiger partial charge on any atom is -0.458 e. The van der Waals surface area contributed by atoms with Crippen molar-refractivity contribution in [3.63, 3.8) is 0 Å². The maximum Gasteiger partial charge on any atom is 0.356 e. The van der Waals surface area contributed by atoms with Crippen LogP contribution in [0.2, 0.25) is 0 Å². The third-order valence-electron chi connectivity index (χ3n) is 6.82. The highest BCUT2D eigenvalue weighted by atomic mass is 19.3. The van der Waals surface area contributed by atoms with Crippen molar-refractivity contribution in [1.82, 2.24) is 0 Å². The second-order valence-electron chi connectivity index (χ2n) is 8.74. The zero-order chi connectivity index (χ0) is 21.8. The van der Waals surface area contributed by atoms with Crippen LogP contribution < -0.4 is 0 Å². The molecule has 5 unspecified atom stereocenters. The van der Waals surface area contributed by atoms with E-state index in [0.717, 1.165) is 0 Å². The Morgan fingerprint density at radius 1 is 0.929 bits per heavy atom. The molecule has 0 amide bonds. The fourth-order valence-corrected chi connectivity index (χ4v) is 4.38. The minimum absolute atomic E-state index is 0.268. The van der Waals surface area contributed by atoms with Gasteiger partial charge in [-0.3, -0.25) is 4.79 Å². The summed E-state index contributed by atoms with van der Waals surface area (Å²) in [5.74, 6) is -16.3. The van der Waals surface area contributed by atoms with E-state index in [1.807, 2.05) is 0 Å². The lowest BCUT2D eigenvalue weighted by molar-refractivity contribution is -0.394. The molecule has 3 aliphatic rings. The molecule has 3 rings (SSSR count). The predicted molar refractivity (Wildman–Crippen MR) is 80.3 cm³/mol. The average Bonchev–Trinajstić information content (AvgIpc) is 3.37. The number of epoxide rings is 2. The van der Waals surface area contributed by atoms with Crippen molar-refractivity contribution >= 4 is 6.47 Å². The molecule has 0 aromatic rings. The first-order chi connectivity index (χ1) is 12.3. The Kier molecular flexibility index (Phi) is 3.97. The maximum absolute atomic E-state index is 15.8. The van der Waals surface area contributed by atoms with Gasteiger partial charge in [0.2, 0.25) is 0 Å². The van der Waals surface area contributed by atoms with Gasteiger partial charge in [0.1, 0.15) is 0 Å². The second-order valence-corrected chi connectivity index (χ2v) is 8.74. The Hall–Kier alpha value is -1.10. The van der Waals surface area contributed by atoms with Crippen LogP contribution >= 0.6 is 0 Å². The first kappa shape index (κ1) is 21.6. The third-order valence-corrected chi connectivity index (χ3v) is 6.82. The van der Waals surface area contributed by atoms with Crippen LogP contribution in [0.4, 0.5) is 30.7 Å². The zero-order valence-electron chi connectivity index (χ0n) is 15.8. The van der Waals surface area contributed by atoms with E-state index in [1.54, 1.807) is 13.8 Å². The standard InChI is InChI=1S/C17H21F7O4/c1-10(2)9(27-10)6-7-11(3,26-8-25)14(18)15(19,20)12(4)13(5,28-12)16(21,22)17(14,23)24/h8-9H,6-7H2,1-5H3. The number of alkyl halides is 7. The van der Waals surface area contributed by atoms with Crippen molar-refractivity contribution in [1.29, 1.82) is 0 Å². The zero-order valence-corrected chi connectivity index (χ0v) is 15.8. The topological polar surface area (TPSA) is 51.4 Å². The van der Waals surface area contributed by atoms with Crippen molar-refractivity contribution in [2.24, 2.45) is 0 Å². The predicted octanol–water partition coefficient (Wildman–Crippen LogP) is 4.05. The SMILES string of the molecule is CC1(C)OC1CCC(C)(OC=O)C1(F)C(F)(F)C(F)(F)C2(C)OC2(C)C1(F)F. The molecular formula is C17H21F7O4. The van der Waals surface area contributed by atoms with Crippen LogP contribution in [0.25, 0.3) is 0 Å². The van der Waals surface area contributed by atoms with Crippen molar-refractivity contribution in [3.05, 3.63) is 0 Å². The number of halogens is 7. The average molecular weight is 422 g/mol. The Bertz CT molecular complexity index is 714. The molecule has 0 radical (unpaired) electrons. The summed E-state index contributed by atoms with van der Waals surface area (Å²) in [7, 11) is 0. The van der Waals surface area contributed by atoms with Gasteiger partial charge in [0.05, 0.1) is 11.7 Å². The van der Waals surface area contributed by atoms with E-state index in [-0.39, 0.29) is 6.42 Å². The second kappa shape index (κ2) is 5.14. The lowest BCUT2D eigenvalue weighted by atomic mass is 9.60. The van der Waals surface area contributed by atoms with Gasteiger partial charge in [0.15, 0.2) is 16.8 Å². The van der Waals surface area contributed by atoms with Crippen LogP contribution in [0.15, 0.2) is 0 Å². The summed E-state index contributed by atoms with van der Waals surface area (Å²) in [6.45, 7) is 4.01. The van der Waals surface area contributed by atoms with E-state index in [2.05, 4.69) is 9.47 Å². The van der Waals surface area contributed by atoms with Gasteiger partial charge in [-0.25, -0.2) is 4.39 Å². The van der Waals surface area contributed by atoms with Gasteiger partial charge in [-0.1, -0.05) is 0 Å². The van der Waals surface area contributed by atoms with Gasteiger partial charge >= 0.3 is 17.8 Å². The number of carbonyl (C=O) groups is 1. The Morgan fingerprint density at radius 3 is 1.82 bits per heavy atom. The van der Waals surface area contributed by atoms with Crippen LogP contribution in [0.1, 0.15) is 47.5 Å². The van der Waals surface area contributed by atoms with Crippen molar-refractivity contribution in [2.45, 2.75) is 99.4 Å². The molecule has 0 aromatic heterocycles. The summed E-state index contributed by atoms with van der Waals surface area (Å²) < 4.78 is 119. The number of rotatable bonds is 6. The van der Waals surface area contributed by atoms with E-state index in [1.165, 1.54) is 0 Å². The van der Waals surface area contributed by atoms with Crippen LogP contribution in [-0.2, 0) is 19.0 Å². The van der Waals surface area contributed by atoms with E-state index in [4.69, 9.17) is 4.74 Å². The van der Waals surface area contributed by atoms with E-state index in [9.17, 15) is 22.4 Å². The fraction of sp³-hybridized carbons (Fsp3) is 0.941. The summed E-state index contributed by atoms with van der Waals surface area (Å²) >= 11 is 0. The molecule has 0 spiro atoms. The summed E-state index contributed by atoms with van der Waals surface area (Å²) in [5.41, 5.74) is -15.8.